The molecule has 2 fully saturated rings. The van der Waals surface area contributed by atoms with Gasteiger partial charge in [-0.3, -0.25) is 4.79 Å². The van der Waals surface area contributed by atoms with E-state index in [1.165, 1.54) is 37.0 Å². The van der Waals surface area contributed by atoms with Gasteiger partial charge in [0.25, 0.3) is 0 Å². The molecule has 0 radical (unpaired) electrons. The number of fused-ring (bicyclic) bond motifs is 2. The molecule has 104 valence electrons. The molecule has 2 aliphatic rings. The first-order chi connectivity index (χ1) is 9.04. The molecule has 4 atom stereocenters. The maximum Gasteiger partial charge on any atom is 0.171 e. The van der Waals surface area contributed by atoms with Gasteiger partial charge in [0, 0.05) is 13.0 Å². The van der Waals surface area contributed by atoms with Gasteiger partial charge >= 0.3 is 0 Å². The molecule has 1 aromatic heterocycles. The fourth-order valence-corrected chi connectivity index (χ4v) is 4.96. The van der Waals surface area contributed by atoms with E-state index in [-0.39, 0.29) is 5.78 Å². The molecule has 1 heterocycles. The van der Waals surface area contributed by atoms with Crippen molar-refractivity contribution in [2.75, 3.05) is 11.1 Å². The van der Waals surface area contributed by atoms with Crippen molar-refractivity contribution in [3.63, 3.8) is 0 Å². The Hall–Kier alpha value is -1.03. The molecular weight excluding hydrogens is 256 g/mol. The highest BCUT2D eigenvalue weighted by molar-refractivity contribution is 7.18. The molecule has 0 spiro atoms. The molecule has 2 bridgehead atoms. The Bertz CT molecular complexity index is 496. The number of thiophene rings is 1. The molecule has 0 aromatic carbocycles. The van der Waals surface area contributed by atoms with Gasteiger partial charge in [0.1, 0.15) is 0 Å². The molecule has 0 amide bonds. The molecule has 3 rings (SSSR count). The maximum absolute atomic E-state index is 11.4. The van der Waals surface area contributed by atoms with E-state index < -0.39 is 0 Å². The Kier molecular flexibility index (Phi) is 3.29. The summed E-state index contributed by atoms with van der Waals surface area (Å²) in [6, 6.07) is 2.39. The largest absolute Gasteiger partial charge is 0.397 e. The number of nitrogen functional groups attached to an aromatic ring is 1. The van der Waals surface area contributed by atoms with Gasteiger partial charge in [-0.1, -0.05) is 6.42 Å². The second-order valence-electron chi connectivity index (χ2n) is 6.22. The van der Waals surface area contributed by atoms with Crippen LogP contribution in [-0.2, 0) is 0 Å². The third-order valence-electron chi connectivity index (χ3n) is 4.89. The van der Waals surface area contributed by atoms with E-state index in [0.29, 0.717) is 16.6 Å². The summed E-state index contributed by atoms with van der Waals surface area (Å²) in [7, 11) is 0. The molecule has 1 aromatic rings. The van der Waals surface area contributed by atoms with E-state index in [2.05, 4.69) is 12.2 Å². The standard InChI is InChI=1S/C15H22N2OS/c1-8(12-6-10-3-4-11(12)5-10)17-14-7-13(16)15(19-14)9(2)18/h7-8,10-12,17H,3-6,16H2,1-2H3. The molecule has 19 heavy (non-hydrogen) atoms. The van der Waals surface area contributed by atoms with Crippen molar-refractivity contribution < 1.29 is 4.79 Å². The van der Waals surface area contributed by atoms with E-state index >= 15 is 0 Å². The summed E-state index contributed by atoms with van der Waals surface area (Å²) in [4.78, 5) is 12.1. The minimum Gasteiger partial charge on any atom is -0.397 e. The first-order valence-electron chi connectivity index (χ1n) is 7.21. The quantitative estimate of drug-likeness (QED) is 0.824. The minimum absolute atomic E-state index is 0.0585. The summed E-state index contributed by atoms with van der Waals surface area (Å²) < 4.78 is 0. The molecule has 3 N–H and O–H groups in total. The van der Waals surface area contributed by atoms with Gasteiger partial charge < -0.3 is 11.1 Å². The second-order valence-corrected chi connectivity index (χ2v) is 7.28. The summed E-state index contributed by atoms with van der Waals surface area (Å²) in [5, 5.41) is 4.61. The molecule has 3 nitrogen and oxygen atoms in total. The van der Waals surface area contributed by atoms with Crippen molar-refractivity contribution in [1.82, 2.24) is 0 Å². The number of nitrogens with one attached hydrogen (secondary N) is 1. The van der Waals surface area contributed by atoms with Crippen LogP contribution in [0.4, 0.5) is 10.7 Å². The van der Waals surface area contributed by atoms with E-state index in [1.807, 2.05) is 6.07 Å². The van der Waals surface area contributed by atoms with Crippen molar-refractivity contribution >= 4 is 27.8 Å². The monoisotopic (exact) mass is 278 g/mol. The van der Waals surface area contributed by atoms with Crippen molar-refractivity contribution in [1.29, 1.82) is 0 Å². The third kappa shape index (κ3) is 2.38. The molecule has 2 aliphatic carbocycles. The van der Waals surface area contributed by atoms with Gasteiger partial charge in [-0.15, -0.1) is 11.3 Å². The highest BCUT2D eigenvalue weighted by Gasteiger charge is 2.41. The molecule has 4 heteroatoms. The Morgan fingerprint density at radius 3 is 2.79 bits per heavy atom. The van der Waals surface area contributed by atoms with Crippen LogP contribution in [0, 0.1) is 17.8 Å². The van der Waals surface area contributed by atoms with Crippen LogP contribution in [0.15, 0.2) is 6.07 Å². The lowest BCUT2D eigenvalue weighted by atomic mass is 9.84. The predicted octanol–water partition coefficient (Wildman–Crippen LogP) is 3.77. The molecule has 0 saturated heterocycles. The molecule has 2 saturated carbocycles. The van der Waals surface area contributed by atoms with E-state index in [9.17, 15) is 4.79 Å². The van der Waals surface area contributed by atoms with Gasteiger partial charge in [0.2, 0.25) is 0 Å². The van der Waals surface area contributed by atoms with Crippen LogP contribution in [-0.4, -0.2) is 11.8 Å². The average Bonchev–Trinajstić information content (AvgIpc) is 3.03. The Morgan fingerprint density at radius 2 is 2.26 bits per heavy atom. The maximum atomic E-state index is 11.4. The van der Waals surface area contributed by atoms with E-state index in [0.717, 1.165) is 22.8 Å². The number of Topliss-reactive ketones (excluding diaryl/α,β-unsaturated/α-hetero) is 1. The minimum atomic E-state index is 0.0585. The van der Waals surface area contributed by atoms with Crippen LogP contribution < -0.4 is 11.1 Å². The zero-order valence-electron chi connectivity index (χ0n) is 11.6. The predicted molar refractivity (Wildman–Crippen MR) is 80.8 cm³/mol. The Morgan fingerprint density at radius 1 is 1.47 bits per heavy atom. The lowest BCUT2D eigenvalue weighted by Gasteiger charge is -2.28. The summed E-state index contributed by atoms with van der Waals surface area (Å²) >= 11 is 1.49. The van der Waals surface area contributed by atoms with Crippen LogP contribution in [0.25, 0.3) is 0 Å². The van der Waals surface area contributed by atoms with Crippen molar-refractivity contribution in [3.8, 4) is 0 Å². The van der Waals surface area contributed by atoms with E-state index in [1.54, 1.807) is 6.92 Å². The van der Waals surface area contributed by atoms with Gasteiger partial charge in [0.15, 0.2) is 5.78 Å². The topological polar surface area (TPSA) is 55.1 Å². The molecular formula is C15H22N2OS. The second kappa shape index (κ2) is 4.82. The van der Waals surface area contributed by atoms with E-state index in [4.69, 9.17) is 5.73 Å². The number of ketones is 1. The van der Waals surface area contributed by atoms with Crippen molar-refractivity contribution in [2.45, 2.75) is 45.6 Å². The van der Waals surface area contributed by atoms with Crippen LogP contribution in [0.5, 0.6) is 0 Å². The molecule has 4 unspecified atom stereocenters. The summed E-state index contributed by atoms with van der Waals surface area (Å²) in [5.74, 6) is 2.74. The van der Waals surface area contributed by atoms with Gasteiger partial charge in [-0.2, -0.15) is 0 Å². The number of hydrogen-bond donors (Lipinski definition) is 2. The van der Waals surface area contributed by atoms with Crippen LogP contribution in [0.3, 0.4) is 0 Å². The van der Waals surface area contributed by atoms with Crippen LogP contribution >= 0.6 is 11.3 Å². The third-order valence-corrected chi connectivity index (χ3v) is 6.07. The molecule has 0 aliphatic heterocycles. The number of hydrogen-bond acceptors (Lipinski definition) is 4. The van der Waals surface area contributed by atoms with Crippen molar-refractivity contribution in [3.05, 3.63) is 10.9 Å². The van der Waals surface area contributed by atoms with Crippen LogP contribution in [0.2, 0.25) is 0 Å². The van der Waals surface area contributed by atoms with Crippen molar-refractivity contribution in [2.24, 2.45) is 17.8 Å². The summed E-state index contributed by atoms with van der Waals surface area (Å²) in [6.07, 6.45) is 5.65. The zero-order chi connectivity index (χ0) is 13.6. The number of anilines is 2. The highest BCUT2D eigenvalue weighted by Crippen LogP contribution is 2.50. The number of nitrogens with two attached hydrogens (primary N) is 1. The van der Waals surface area contributed by atoms with Gasteiger partial charge in [-0.25, -0.2) is 0 Å². The van der Waals surface area contributed by atoms with Gasteiger partial charge in [-0.05, 0) is 50.0 Å². The first kappa shape index (κ1) is 13.0. The Balaban J connectivity index is 1.68. The Labute approximate surface area is 118 Å². The number of rotatable bonds is 4. The average molecular weight is 278 g/mol. The van der Waals surface area contributed by atoms with Crippen LogP contribution in [0.1, 0.15) is 49.2 Å². The number of carbonyl (C=O) groups excluding carboxylic acids is 1. The number of carbonyl (C=O) groups is 1. The fraction of sp³-hybridized carbons (Fsp3) is 0.667. The highest BCUT2D eigenvalue weighted by atomic mass is 32.1. The normalized spacial score (nSPS) is 30.5. The summed E-state index contributed by atoms with van der Waals surface area (Å²) in [6.45, 7) is 3.85. The SMILES string of the molecule is CC(=O)c1sc(NC(C)C2CC3CCC2C3)cc1N. The first-order valence-corrected chi connectivity index (χ1v) is 8.03. The lowest BCUT2D eigenvalue weighted by Crippen LogP contribution is -2.29. The fourth-order valence-electron chi connectivity index (χ4n) is 3.99. The lowest BCUT2D eigenvalue weighted by molar-refractivity contribution is 0.102. The van der Waals surface area contributed by atoms with Gasteiger partial charge in [0.05, 0.1) is 15.6 Å². The smallest absolute Gasteiger partial charge is 0.171 e. The zero-order valence-corrected chi connectivity index (χ0v) is 12.4. The summed E-state index contributed by atoms with van der Waals surface area (Å²) in [5.41, 5.74) is 6.49.